The van der Waals surface area contributed by atoms with Gasteiger partial charge in [-0.3, -0.25) is 10.1 Å². The number of carbonyl (C=O) groups excluding carboxylic acids is 1. The van der Waals surface area contributed by atoms with E-state index in [-0.39, 0.29) is 12.5 Å². The van der Waals surface area contributed by atoms with Gasteiger partial charge in [-0.25, -0.2) is 4.98 Å². The Morgan fingerprint density at radius 3 is 2.77 bits per heavy atom. The Kier molecular flexibility index (Phi) is 6.15. The Bertz CT molecular complexity index is 1220. The number of aromatic nitrogens is 3. The molecule has 158 valence electrons. The van der Waals surface area contributed by atoms with Gasteiger partial charge in [-0.2, -0.15) is 4.98 Å². The molecule has 10 heteroatoms. The molecule has 4 rings (SSSR count). The van der Waals surface area contributed by atoms with Crippen molar-refractivity contribution in [2.45, 2.75) is 13.5 Å². The van der Waals surface area contributed by atoms with Crippen LogP contribution >= 0.6 is 22.9 Å². The highest BCUT2D eigenvalue weighted by Crippen LogP contribution is 2.32. The van der Waals surface area contributed by atoms with Crippen LogP contribution in [-0.4, -0.2) is 28.1 Å². The van der Waals surface area contributed by atoms with E-state index < -0.39 is 0 Å². The van der Waals surface area contributed by atoms with Crippen LogP contribution in [0.1, 0.15) is 22.1 Å². The molecule has 0 saturated carbocycles. The Morgan fingerprint density at radius 2 is 2.03 bits per heavy atom. The number of nitrogens with one attached hydrogen (secondary N) is 1. The number of benzene rings is 2. The van der Waals surface area contributed by atoms with Crippen molar-refractivity contribution in [3.05, 3.63) is 70.1 Å². The van der Waals surface area contributed by atoms with Crippen molar-refractivity contribution in [2.75, 3.05) is 12.4 Å². The summed E-state index contributed by atoms with van der Waals surface area (Å²) < 4.78 is 15.8. The molecule has 0 atom stereocenters. The van der Waals surface area contributed by atoms with Gasteiger partial charge in [-0.1, -0.05) is 28.9 Å². The lowest BCUT2D eigenvalue weighted by Gasteiger charge is -2.09. The summed E-state index contributed by atoms with van der Waals surface area (Å²) in [5.74, 6) is 1.49. The zero-order chi connectivity index (χ0) is 21.8. The van der Waals surface area contributed by atoms with Crippen LogP contribution in [0.3, 0.4) is 0 Å². The van der Waals surface area contributed by atoms with Gasteiger partial charge in [-0.15, -0.1) is 11.3 Å². The van der Waals surface area contributed by atoms with Gasteiger partial charge in [0.15, 0.2) is 11.7 Å². The molecule has 2 aromatic heterocycles. The lowest BCUT2D eigenvalue weighted by atomic mass is 10.2. The SMILES string of the molecule is COc1ccc(-c2csc(NC(=O)c3ccccc3OCc3noc(C)n3)n2)cc1Cl. The lowest BCUT2D eigenvalue weighted by molar-refractivity contribution is 0.102. The maximum absolute atomic E-state index is 12.8. The van der Waals surface area contributed by atoms with Crippen molar-refractivity contribution >= 4 is 34.0 Å². The van der Waals surface area contributed by atoms with Crippen molar-refractivity contribution in [1.29, 1.82) is 0 Å². The molecule has 4 aromatic rings. The highest BCUT2D eigenvalue weighted by molar-refractivity contribution is 7.14. The summed E-state index contributed by atoms with van der Waals surface area (Å²) in [6.45, 7) is 1.78. The third kappa shape index (κ3) is 4.84. The first-order chi connectivity index (χ1) is 15.0. The summed E-state index contributed by atoms with van der Waals surface area (Å²) in [5.41, 5.74) is 1.88. The molecule has 0 fully saturated rings. The highest BCUT2D eigenvalue weighted by Gasteiger charge is 2.16. The second-order valence-electron chi connectivity index (χ2n) is 6.36. The van der Waals surface area contributed by atoms with Gasteiger partial charge in [0.2, 0.25) is 11.7 Å². The molecular formula is C21H17ClN4O4S. The van der Waals surface area contributed by atoms with Crippen LogP contribution in [0.2, 0.25) is 5.02 Å². The summed E-state index contributed by atoms with van der Waals surface area (Å²) in [7, 11) is 1.56. The van der Waals surface area contributed by atoms with E-state index in [0.717, 1.165) is 5.56 Å². The van der Waals surface area contributed by atoms with E-state index in [0.29, 0.717) is 44.6 Å². The normalized spacial score (nSPS) is 10.7. The van der Waals surface area contributed by atoms with Crippen molar-refractivity contribution in [3.63, 3.8) is 0 Å². The van der Waals surface area contributed by atoms with Gasteiger partial charge in [-0.05, 0) is 30.3 Å². The van der Waals surface area contributed by atoms with Crippen LogP contribution in [0, 0.1) is 6.92 Å². The second-order valence-corrected chi connectivity index (χ2v) is 7.62. The zero-order valence-electron chi connectivity index (χ0n) is 16.6. The summed E-state index contributed by atoms with van der Waals surface area (Å²) in [6, 6.07) is 12.3. The molecule has 0 aliphatic carbocycles. The van der Waals surface area contributed by atoms with Gasteiger partial charge in [0.1, 0.15) is 11.5 Å². The average Bonchev–Trinajstić information content (AvgIpc) is 3.41. The van der Waals surface area contributed by atoms with E-state index in [1.165, 1.54) is 11.3 Å². The number of aryl methyl sites for hydroxylation is 1. The Morgan fingerprint density at radius 1 is 1.19 bits per heavy atom. The van der Waals surface area contributed by atoms with Crippen molar-refractivity contribution < 1.29 is 18.8 Å². The zero-order valence-corrected chi connectivity index (χ0v) is 18.2. The van der Waals surface area contributed by atoms with E-state index in [9.17, 15) is 4.79 Å². The minimum absolute atomic E-state index is 0.0846. The standard InChI is InChI=1S/C21H17ClN4O4S/c1-12-23-19(26-30-12)10-29-17-6-4-3-5-14(17)20(27)25-21-24-16(11-31-21)13-7-8-18(28-2)15(22)9-13/h3-9,11H,10H2,1-2H3,(H,24,25,27). The number of methoxy groups -OCH3 is 1. The molecule has 0 aliphatic rings. The minimum Gasteiger partial charge on any atom is -0.495 e. The molecule has 0 bridgehead atoms. The molecule has 0 saturated heterocycles. The first-order valence-corrected chi connectivity index (χ1v) is 10.4. The van der Waals surface area contributed by atoms with Gasteiger partial charge in [0.05, 0.1) is 23.4 Å². The second kappa shape index (κ2) is 9.15. The van der Waals surface area contributed by atoms with Crippen LogP contribution in [0.15, 0.2) is 52.4 Å². The number of hydrogen-bond acceptors (Lipinski definition) is 8. The number of ether oxygens (including phenoxy) is 2. The molecule has 0 spiro atoms. The van der Waals surface area contributed by atoms with Crippen LogP contribution in [-0.2, 0) is 6.61 Å². The first-order valence-electron chi connectivity index (χ1n) is 9.15. The fourth-order valence-electron chi connectivity index (χ4n) is 2.78. The topological polar surface area (TPSA) is 99.4 Å². The smallest absolute Gasteiger partial charge is 0.261 e. The predicted molar refractivity (Wildman–Crippen MR) is 117 cm³/mol. The lowest BCUT2D eigenvalue weighted by Crippen LogP contribution is -2.13. The Labute approximate surface area is 186 Å². The summed E-state index contributed by atoms with van der Waals surface area (Å²) in [6.07, 6.45) is 0. The largest absolute Gasteiger partial charge is 0.495 e. The van der Waals surface area contributed by atoms with Crippen LogP contribution in [0.5, 0.6) is 11.5 Å². The number of amides is 1. The van der Waals surface area contributed by atoms with Gasteiger partial charge in [0, 0.05) is 17.9 Å². The van der Waals surface area contributed by atoms with E-state index in [1.54, 1.807) is 50.4 Å². The van der Waals surface area contributed by atoms with Crippen LogP contribution in [0.25, 0.3) is 11.3 Å². The van der Waals surface area contributed by atoms with Gasteiger partial charge in [0.25, 0.3) is 5.91 Å². The maximum Gasteiger partial charge on any atom is 0.261 e. The van der Waals surface area contributed by atoms with E-state index in [4.69, 9.17) is 25.6 Å². The van der Waals surface area contributed by atoms with Crippen LogP contribution in [0.4, 0.5) is 5.13 Å². The van der Waals surface area contributed by atoms with Crippen molar-refractivity contribution in [1.82, 2.24) is 15.1 Å². The molecule has 2 aromatic carbocycles. The molecule has 1 N–H and O–H groups in total. The van der Waals surface area contributed by atoms with Crippen LogP contribution < -0.4 is 14.8 Å². The number of carbonyl (C=O) groups is 1. The van der Waals surface area contributed by atoms with E-state index in [2.05, 4.69) is 20.4 Å². The summed E-state index contributed by atoms with van der Waals surface area (Å²) >= 11 is 7.51. The number of rotatable bonds is 7. The fraction of sp³-hybridized carbons (Fsp3) is 0.143. The average molecular weight is 457 g/mol. The molecule has 8 nitrogen and oxygen atoms in total. The fourth-order valence-corrected chi connectivity index (χ4v) is 3.75. The first kappa shape index (κ1) is 20.8. The number of hydrogen-bond donors (Lipinski definition) is 1. The van der Waals surface area contributed by atoms with Crippen molar-refractivity contribution in [3.8, 4) is 22.8 Å². The quantitative estimate of drug-likeness (QED) is 0.418. The number of nitrogens with zero attached hydrogens (tertiary/aromatic N) is 3. The molecule has 31 heavy (non-hydrogen) atoms. The van der Waals surface area contributed by atoms with Gasteiger partial charge < -0.3 is 14.0 Å². The number of halogens is 1. The molecule has 2 heterocycles. The molecular weight excluding hydrogens is 440 g/mol. The predicted octanol–water partition coefficient (Wildman–Crippen LogP) is 4.99. The Hall–Kier alpha value is -3.43. The maximum atomic E-state index is 12.8. The third-order valence-corrected chi connectivity index (χ3v) is 5.28. The Balaban J connectivity index is 1.47. The minimum atomic E-state index is -0.339. The third-order valence-electron chi connectivity index (χ3n) is 4.23. The molecule has 0 radical (unpaired) electrons. The summed E-state index contributed by atoms with van der Waals surface area (Å²) in [4.78, 5) is 21.4. The number of anilines is 1. The van der Waals surface area contributed by atoms with E-state index in [1.807, 2.05) is 11.4 Å². The molecule has 1 amide bonds. The monoisotopic (exact) mass is 456 g/mol. The van der Waals surface area contributed by atoms with Gasteiger partial charge >= 0.3 is 0 Å². The number of para-hydroxylation sites is 1. The molecule has 0 aliphatic heterocycles. The highest BCUT2D eigenvalue weighted by atomic mass is 35.5. The van der Waals surface area contributed by atoms with Crippen molar-refractivity contribution in [2.24, 2.45) is 0 Å². The number of thiazole rings is 1. The van der Waals surface area contributed by atoms with E-state index >= 15 is 0 Å². The summed E-state index contributed by atoms with van der Waals surface area (Å²) in [5, 5.41) is 9.38. The molecule has 0 unspecified atom stereocenters.